The molecule has 3 aromatic rings. The quantitative estimate of drug-likeness (QED) is 0.257. The molecule has 1 aliphatic heterocycles. The van der Waals surface area contributed by atoms with Crippen LogP contribution in [0, 0.1) is 0 Å². The minimum atomic E-state index is -4.43. The molecule has 0 radical (unpaired) electrons. The maximum atomic E-state index is 13.3. The summed E-state index contributed by atoms with van der Waals surface area (Å²) >= 11 is -0.263. The first-order chi connectivity index (χ1) is 17.7. The zero-order valence-electron chi connectivity index (χ0n) is 19.2. The largest absolute Gasteiger partial charge is 0.446 e. The van der Waals surface area contributed by atoms with Crippen LogP contribution in [0.2, 0.25) is 0 Å². The van der Waals surface area contributed by atoms with Crippen molar-refractivity contribution >= 4 is 41.1 Å². The Kier molecular flexibility index (Phi) is 6.28. The smallest absolute Gasteiger partial charge is 0.305 e. The van der Waals surface area contributed by atoms with Gasteiger partial charge >= 0.3 is 11.5 Å². The molecule has 1 spiro atoms. The lowest BCUT2D eigenvalue weighted by Crippen LogP contribution is -2.36. The van der Waals surface area contributed by atoms with Crippen LogP contribution in [0.5, 0.6) is 0 Å². The zero-order valence-corrected chi connectivity index (χ0v) is 20.0. The summed E-state index contributed by atoms with van der Waals surface area (Å²) < 4.78 is 37.9. The molecule has 2 fully saturated rings. The lowest BCUT2D eigenvalue weighted by atomic mass is 10.2. The highest BCUT2D eigenvalue weighted by molar-refractivity contribution is 8.00. The van der Waals surface area contributed by atoms with Gasteiger partial charge in [-0.25, -0.2) is 14.7 Å². The first-order valence-corrected chi connectivity index (χ1v) is 12.1. The molecular weight excluding hydrogens is 507 g/mol. The molecular formula is C25H20F3N5O3S. The van der Waals surface area contributed by atoms with Gasteiger partial charge in [0.15, 0.2) is 0 Å². The molecule has 190 valence electrons. The first kappa shape index (κ1) is 24.6. The van der Waals surface area contributed by atoms with Crippen LogP contribution >= 0.6 is 11.8 Å². The van der Waals surface area contributed by atoms with Gasteiger partial charge in [0.1, 0.15) is 11.4 Å². The number of hydrazine groups is 1. The number of anilines is 2. The van der Waals surface area contributed by atoms with Crippen LogP contribution in [0.3, 0.4) is 0 Å². The summed E-state index contributed by atoms with van der Waals surface area (Å²) in [6.45, 7) is 0.118. The fourth-order valence-corrected chi connectivity index (χ4v) is 4.71. The third kappa shape index (κ3) is 5.10. The Labute approximate surface area is 213 Å². The normalized spacial score (nSPS) is 16.3. The molecule has 1 aromatic heterocycles. The Morgan fingerprint density at radius 1 is 1.03 bits per heavy atom. The van der Waals surface area contributed by atoms with E-state index in [1.54, 1.807) is 42.5 Å². The molecule has 0 bridgehead atoms. The molecule has 2 heterocycles. The number of carbonyl (C=O) groups excluding carboxylic acids is 3. The second-order valence-corrected chi connectivity index (χ2v) is 9.72. The van der Waals surface area contributed by atoms with Crippen LogP contribution in [-0.2, 0) is 11.3 Å². The van der Waals surface area contributed by atoms with E-state index in [9.17, 15) is 27.6 Å². The van der Waals surface area contributed by atoms with Gasteiger partial charge in [-0.3, -0.25) is 20.4 Å². The van der Waals surface area contributed by atoms with E-state index in [-0.39, 0.29) is 34.8 Å². The van der Waals surface area contributed by atoms with Gasteiger partial charge in [0, 0.05) is 23.2 Å². The van der Waals surface area contributed by atoms with Crippen LogP contribution < -0.4 is 15.8 Å². The predicted molar refractivity (Wildman–Crippen MR) is 131 cm³/mol. The van der Waals surface area contributed by atoms with Crippen molar-refractivity contribution in [2.24, 2.45) is 0 Å². The number of nitrogens with zero attached hydrogens (tertiary/aromatic N) is 3. The number of imide groups is 1. The van der Waals surface area contributed by atoms with E-state index in [1.165, 1.54) is 35.4 Å². The lowest BCUT2D eigenvalue weighted by Gasteiger charge is -2.21. The molecule has 37 heavy (non-hydrogen) atoms. The van der Waals surface area contributed by atoms with Crippen molar-refractivity contribution in [3.05, 3.63) is 84.1 Å². The highest BCUT2D eigenvalue weighted by Crippen LogP contribution is 2.50. The number of halogens is 3. The number of aromatic nitrogens is 1. The van der Waals surface area contributed by atoms with Gasteiger partial charge in [0.2, 0.25) is 0 Å². The number of rotatable bonds is 7. The summed E-state index contributed by atoms with van der Waals surface area (Å²) in [6.07, 6.45) is 2.52. The SMILES string of the molecule is O=C(NNc1cc(CN2C(=O)N(c3ccc(SC(F)(F)F)cc3)C(=O)C23CC3)ccn1)c1ccccc1. The molecule has 1 saturated carbocycles. The predicted octanol–water partition coefficient (Wildman–Crippen LogP) is 4.95. The monoisotopic (exact) mass is 527 g/mol. The maximum Gasteiger partial charge on any atom is 0.446 e. The molecule has 8 nitrogen and oxygen atoms in total. The Morgan fingerprint density at radius 2 is 1.73 bits per heavy atom. The summed E-state index contributed by atoms with van der Waals surface area (Å²) in [6, 6.07) is 16.6. The number of alkyl halides is 3. The number of amides is 4. The van der Waals surface area contributed by atoms with Crippen LogP contribution in [0.4, 0.5) is 29.5 Å². The standard InChI is InChI=1S/C25H20F3N5O3S/c26-25(27,28)37-19-8-6-18(7-9-19)33-22(35)24(11-12-24)32(23(33)36)15-16-10-13-29-20(14-16)30-31-21(34)17-4-2-1-3-5-17/h1-10,13-14H,11-12,15H2,(H,29,30)(H,31,34). The zero-order chi connectivity index (χ0) is 26.2. The van der Waals surface area contributed by atoms with E-state index in [2.05, 4.69) is 15.8 Å². The van der Waals surface area contributed by atoms with Crippen LogP contribution in [0.1, 0.15) is 28.8 Å². The number of thioether (sulfide) groups is 1. The molecule has 12 heteroatoms. The first-order valence-electron chi connectivity index (χ1n) is 11.2. The number of hydrogen-bond donors (Lipinski definition) is 2. The van der Waals surface area contributed by atoms with Gasteiger partial charge in [-0.2, -0.15) is 13.2 Å². The minimum Gasteiger partial charge on any atom is -0.305 e. The topological polar surface area (TPSA) is 94.6 Å². The van der Waals surface area contributed by atoms with Gasteiger partial charge in [-0.05, 0) is 78.7 Å². The van der Waals surface area contributed by atoms with Crippen molar-refractivity contribution in [3.8, 4) is 0 Å². The second kappa shape index (κ2) is 9.43. The molecule has 0 atom stereocenters. The van der Waals surface area contributed by atoms with E-state index in [0.717, 1.165) is 4.90 Å². The molecule has 2 N–H and O–H groups in total. The summed E-state index contributed by atoms with van der Waals surface area (Å²) in [7, 11) is 0. The summed E-state index contributed by atoms with van der Waals surface area (Å²) in [4.78, 5) is 45.4. The average Bonchev–Trinajstić information content (AvgIpc) is 3.65. The molecule has 1 aliphatic carbocycles. The van der Waals surface area contributed by atoms with E-state index < -0.39 is 23.0 Å². The summed E-state index contributed by atoms with van der Waals surface area (Å²) in [5.41, 5.74) is 1.28. The Bertz CT molecular complexity index is 1350. The number of urea groups is 1. The average molecular weight is 528 g/mol. The third-order valence-electron chi connectivity index (χ3n) is 6.10. The Hall–Kier alpha value is -4.06. The van der Waals surface area contributed by atoms with Crippen molar-refractivity contribution in [2.75, 3.05) is 10.3 Å². The molecule has 0 unspecified atom stereocenters. The van der Waals surface area contributed by atoms with Gasteiger partial charge in [0.25, 0.3) is 11.8 Å². The van der Waals surface area contributed by atoms with E-state index in [1.807, 2.05) is 0 Å². The van der Waals surface area contributed by atoms with Crippen molar-refractivity contribution in [2.45, 2.75) is 35.3 Å². The Morgan fingerprint density at radius 3 is 2.38 bits per heavy atom. The van der Waals surface area contributed by atoms with Crippen molar-refractivity contribution in [3.63, 3.8) is 0 Å². The lowest BCUT2D eigenvalue weighted by molar-refractivity contribution is -0.120. The third-order valence-corrected chi connectivity index (χ3v) is 6.84. The molecule has 4 amide bonds. The van der Waals surface area contributed by atoms with Crippen LogP contribution in [0.15, 0.2) is 77.8 Å². The van der Waals surface area contributed by atoms with E-state index in [4.69, 9.17) is 0 Å². The van der Waals surface area contributed by atoms with Crippen LogP contribution in [-0.4, -0.2) is 38.8 Å². The van der Waals surface area contributed by atoms with Crippen molar-refractivity contribution < 1.29 is 27.6 Å². The van der Waals surface area contributed by atoms with Gasteiger partial charge < -0.3 is 4.90 Å². The summed E-state index contributed by atoms with van der Waals surface area (Å²) in [5.74, 6) is -0.393. The highest BCUT2D eigenvalue weighted by atomic mass is 32.2. The van der Waals surface area contributed by atoms with Crippen molar-refractivity contribution in [1.29, 1.82) is 0 Å². The number of hydrogen-bond acceptors (Lipinski definition) is 6. The van der Waals surface area contributed by atoms with E-state index >= 15 is 0 Å². The number of carbonyl (C=O) groups is 3. The van der Waals surface area contributed by atoms with Crippen molar-refractivity contribution in [1.82, 2.24) is 15.3 Å². The van der Waals surface area contributed by atoms with Gasteiger partial charge in [-0.15, -0.1) is 0 Å². The fourth-order valence-electron chi connectivity index (χ4n) is 4.17. The minimum absolute atomic E-state index is 0.0375. The van der Waals surface area contributed by atoms with Gasteiger partial charge in [0.05, 0.1) is 5.69 Å². The second-order valence-electron chi connectivity index (χ2n) is 8.58. The number of nitrogens with one attached hydrogen (secondary N) is 2. The molecule has 1 saturated heterocycles. The number of pyridine rings is 1. The molecule has 2 aromatic carbocycles. The van der Waals surface area contributed by atoms with Crippen LogP contribution in [0.25, 0.3) is 0 Å². The maximum absolute atomic E-state index is 13.3. The Balaban J connectivity index is 1.29. The van der Waals surface area contributed by atoms with Gasteiger partial charge in [-0.1, -0.05) is 18.2 Å². The fraction of sp³-hybridized carbons (Fsp3) is 0.200. The highest BCUT2D eigenvalue weighted by Gasteiger charge is 2.65. The van der Waals surface area contributed by atoms with E-state index in [0.29, 0.717) is 29.8 Å². The molecule has 5 rings (SSSR count). The summed E-state index contributed by atoms with van der Waals surface area (Å²) in [5, 5.41) is 0. The molecule has 2 aliphatic rings. The number of benzene rings is 2.